The Hall–Kier alpha value is -1.70. The molecule has 128 valence electrons. The first kappa shape index (κ1) is 17.1. The van der Waals surface area contributed by atoms with E-state index in [0.717, 1.165) is 12.8 Å². The topological polar surface area (TPSA) is 85.4 Å². The lowest BCUT2D eigenvalue weighted by Gasteiger charge is -2.18. The Bertz CT molecular complexity index is 881. The number of nitrogens with zero attached hydrogens (tertiary/aromatic N) is 1. The van der Waals surface area contributed by atoms with Gasteiger partial charge in [-0.15, -0.1) is 0 Å². The van der Waals surface area contributed by atoms with Gasteiger partial charge in [-0.05, 0) is 43.0 Å². The normalized spacial score (nSPS) is 16.1. The molecule has 0 bridgehead atoms. The third kappa shape index (κ3) is 3.53. The molecule has 0 saturated heterocycles. The van der Waals surface area contributed by atoms with Gasteiger partial charge in [-0.1, -0.05) is 11.6 Å². The zero-order chi connectivity index (χ0) is 17.3. The molecule has 3 rings (SSSR count). The zero-order valence-corrected chi connectivity index (χ0v) is 14.6. The molecule has 1 aliphatic rings. The Labute approximate surface area is 145 Å². The van der Waals surface area contributed by atoms with Gasteiger partial charge in [0.1, 0.15) is 0 Å². The Kier molecular flexibility index (Phi) is 4.76. The van der Waals surface area contributed by atoms with Gasteiger partial charge in [-0.3, -0.25) is 9.78 Å². The van der Waals surface area contributed by atoms with Gasteiger partial charge >= 0.3 is 5.97 Å². The van der Waals surface area contributed by atoms with Crippen LogP contribution in [0.15, 0.2) is 35.4 Å². The van der Waals surface area contributed by atoms with Crippen molar-refractivity contribution in [3.8, 4) is 0 Å². The molecule has 1 saturated carbocycles. The highest BCUT2D eigenvalue weighted by atomic mass is 35.5. The zero-order valence-electron chi connectivity index (χ0n) is 13.0. The Morgan fingerprint density at radius 3 is 2.83 bits per heavy atom. The largest absolute Gasteiger partial charge is 0.469 e. The number of esters is 1. The molecule has 1 heterocycles. The van der Waals surface area contributed by atoms with Crippen LogP contribution in [0.4, 0.5) is 0 Å². The van der Waals surface area contributed by atoms with E-state index in [1.807, 2.05) is 0 Å². The number of carbonyl (C=O) groups is 1. The average Bonchev–Trinajstić information content (AvgIpc) is 3.39. The SMILES string of the molecule is COC(=O)CC(NS(=O)(=O)c1ccc(Cl)c2ncccc12)C1CC1. The maximum absolute atomic E-state index is 12.8. The number of nitrogens with one attached hydrogen (secondary N) is 1. The quantitative estimate of drug-likeness (QED) is 0.792. The van der Waals surface area contributed by atoms with Crippen LogP contribution in [-0.4, -0.2) is 32.5 Å². The second kappa shape index (κ2) is 6.66. The fourth-order valence-electron chi connectivity index (χ4n) is 2.68. The predicted molar refractivity (Wildman–Crippen MR) is 90.2 cm³/mol. The van der Waals surface area contributed by atoms with Crippen LogP contribution in [0.1, 0.15) is 19.3 Å². The number of halogens is 1. The highest BCUT2D eigenvalue weighted by Crippen LogP contribution is 2.35. The summed E-state index contributed by atoms with van der Waals surface area (Å²) >= 11 is 6.09. The molecule has 8 heteroatoms. The van der Waals surface area contributed by atoms with Crippen LogP contribution in [0.3, 0.4) is 0 Å². The second-order valence-corrected chi connectivity index (χ2v) is 7.88. The molecule has 1 unspecified atom stereocenters. The van der Waals surface area contributed by atoms with Crippen molar-refractivity contribution in [2.45, 2.75) is 30.2 Å². The van der Waals surface area contributed by atoms with E-state index in [4.69, 9.17) is 11.6 Å². The van der Waals surface area contributed by atoms with Crippen LogP contribution in [-0.2, 0) is 19.6 Å². The number of carbonyl (C=O) groups excluding carboxylic acids is 1. The molecule has 0 amide bonds. The van der Waals surface area contributed by atoms with Gasteiger partial charge in [0, 0.05) is 17.6 Å². The number of methoxy groups -OCH3 is 1. The van der Waals surface area contributed by atoms with Crippen molar-refractivity contribution < 1.29 is 17.9 Å². The molecule has 2 aromatic rings. The molecule has 1 aromatic carbocycles. The molecule has 6 nitrogen and oxygen atoms in total. The lowest BCUT2D eigenvalue weighted by atomic mass is 10.1. The number of pyridine rings is 1. The van der Waals surface area contributed by atoms with Crippen LogP contribution in [0.2, 0.25) is 5.02 Å². The molecule has 1 atom stereocenters. The molecular formula is C16H17ClN2O4S. The number of hydrogen-bond donors (Lipinski definition) is 1. The summed E-state index contributed by atoms with van der Waals surface area (Å²) in [7, 11) is -2.53. The minimum absolute atomic E-state index is 0.0180. The summed E-state index contributed by atoms with van der Waals surface area (Å²) in [5.41, 5.74) is 0.429. The maximum atomic E-state index is 12.8. The monoisotopic (exact) mass is 368 g/mol. The van der Waals surface area contributed by atoms with Crippen molar-refractivity contribution in [3.63, 3.8) is 0 Å². The molecule has 1 N–H and O–H groups in total. The summed E-state index contributed by atoms with van der Waals surface area (Å²) in [5.74, 6) is -0.271. The second-order valence-electron chi connectivity index (χ2n) is 5.79. The molecular weight excluding hydrogens is 352 g/mol. The van der Waals surface area contributed by atoms with Gasteiger partial charge in [0.15, 0.2) is 0 Å². The Balaban J connectivity index is 1.95. The molecule has 0 radical (unpaired) electrons. The summed E-state index contributed by atoms with van der Waals surface area (Å²) in [6.45, 7) is 0. The highest BCUT2D eigenvalue weighted by molar-refractivity contribution is 7.89. The van der Waals surface area contributed by atoms with Crippen molar-refractivity contribution in [1.29, 1.82) is 0 Å². The van der Waals surface area contributed by atoms with E-state index in [-0.39, 0.29) is 17.2 Å². The van der Waals surface area contributed by atoms with Gasteiger partial charge < -0.3 is 4.74 Å². The van der Waals surface area contributed by atoms with Crippen molar-refractivity contribution in [1.82, 2.24) is 9.71 Å². The third-order valence-electron chi connectivity index (χ3n) is 4.08. The molecule has 1 fully saturated rings. The standard InChI is InChI=1S/C16H17ClN2O4S/c1-23-15(20)9-13(10-4-5-10)19-24(21,22)14-7-6-12(17)16-11(14)3-2-8-18-16/h2-3,6-8,10,13,19H,4-5,9H2,1H3. The molecule has 1 aliphatic carbocycles. The van der Waals surface area contributed by atoms with Crippen molar-refractivity contribution in [2.75, 3.05) is 7.11 Å². The van der Waals surface area contributed by atoms with Crippen molar-refractivity contribution in [2.24, 2.45) is 5.92 Å². The van der Waals surface area contributed by atoms with Gasteiger partial charge in [0.25, 0.3) is 0 Å². The first-order valence-electron chi connectivity index (χ1n) is 7.55. The molecule has 1 aromatic heterocycles. The lowest BCUT2D eigenvalue weighted by molar-refractivity contribution is -0.141. The fourth-order valence-corrected chi connectivity index (χ4v) is 4.39. The molecule has 0 aliphatic heterocycles. The summed E-state index contributed by atoms with van der Waals surface area (Å²) in [6.07, 6.45) is 3.37. The van der Waals surface area contributed by atoms with Gasteiger partial charge in [-0.25, -0.2) is 13.1 Å². The fraction of sp³-hybridized carbons (Fsp3) is 0.375. The minimum atomic E-state index is -3.82. The minimum Gasteiger partial charge on any atom is -0.469 e. The van der Waals surface area contributed by atoms with E-state index in [9.17, 15) is 13.2 Å². The number of benzene rings is 1. The van der Waals surface area contributed by atoms with Crippen LogP contribution >= 0.6 is 11.6 Å². The first-order valence-corrected chi connectivity index (χ1v) is 9.41. The van der Waals surface area contributed by atoms with Gasteiger partial charge in [0.2, 0.25) is 10.0 Å². The van der Waals surface area contributed by atoms with Crippen molar-refractivity contribution >= 4 is 38.5 Å². The number of hydrogen-bond acceptors (Lipinski definition) is 5. The third-order valence-corrected chi connectivity index (χ3v) is 5.93. The predicted octanol–water partition coefficient (Wildman–Crippen LogP) is 2.51. The van der Waals surface area contributed by atoms with E-state index in [1.165, 1.54) is 19.2 Å². The first-order chi connectivity index (χ1) is 11.4. The van der Waals surface area contributed by atoms with Gasteiger partial charge in [-0.2, -0.15) is 0 Å². The number of sulfonamides is 1. The van der Waals surface area contributed by atoms with Crippen LogP contribution in [0.5, 0.6) is 0 Å². The molecule has 24 heavy (non-hydrogen) atoms. The Morgan fingerprint density at radius 2 is 2.17 bits per heavy atom. The number of fused-ring (bicyclic) bond motifs is 1. The van der Waals surface area contributed by atoms with Crippen LogP contribution < -0.4 is 4.72 Å². The van der Waals surface area contributed by atoms with Gasteiger partial charge in [0.05, 0.1) is 29.0 Å². The Morgan fingerprint density at radius 1 is 1.42 bits per heavy atom. The average molecular weight is 369 g/mol. The number of rotatable bonds is 6. The maximum Gasteiger partial charge on any atom is 0.307 e. The smallest absolute Gasteiger partial charge is 0.307 e. The van der Waals surface area contributed by atoms with E-state index < -0.39 is 22.0 Å². The van der Waals surface area contributed by atoms with E-state index in [2.05, 4.69) is 14.4 Å². The summed E-state index contributed by atoms with van der Waals surface area (Å²) in [4.78, 5) is 15.8. The van der Waals surface area contributed by atoms with E-state index in [0.29, 0.717) is 15.9 Å². The van der Waals surface area contributed by atoms with Crippen LogP contribution in [0.25, 0.3) is 10.9 Å². The lowest BCUT2D eigenvalue weighted by Crippen LogP contribution is -2.38. The van der Waals surface area contributed by atoms with Crippen molar-refractivity contribution in [3.05, 3.63) is 35.5 Å². The summed E-state index contributed by atoms with van der Waals surface area (Å²) in [5, 5.41) is 0.836. The highest BCUT2D eigenvalue weighted by Gasteiger charge is 2.36. The number of aromatic nitrogens is 1. The van der Waals surface area contributed by atoms with Crippen LogP contribution in [0, 0.1) is 5.92 Å². The summed E-state index contributed by atoms with van der Waals surface area (Å²) in [6, 6.07) is 5.82. The number of ether oxygens (including phenoxy) is 1. The van der Waals surface area contributed by atoms with E-state index in [1.54, 1.807) is 18.3 Å². The summed E-state index contributed by atoms with van der Waals surface area (Å²) < 4.78 is 33.0. The molecule has 0 spiro atoms. The van der Waals surface area contributed by atoms with E-state index >= 15 is 0 Å².